The second kappa shape index (κ2) is 8.63. The summed E-state index contributed by atoms with van der Waals surface area (Å²) < 4.78 is 29.2. The minimum absolute atomic E-state index is 0.0860. The molecule has 5 heteroatoms. The van der Waals surface area contributed by atoms with Crippen molar-refractivity contribution in [1.29, 1.82) is 0 Å². The van der Waals surface area contributed by atoms with E-state index in [0.29, 0.717) is 16.8 Å². The highest BCUT2D eigenvalue weighted by Gasteiger charge is 2.38. The van der Waals surface area contributed by atoms with Crippen molar-refractivity contribution in [2.45, 2.75) is 40.0 Å². The number of benzene rings is 3. The van der Waals surface area contributed by atoms with Crippen LogP contribution in [0.5, 0.6) is 0 Å². The molecule has 1 aliphatic rings. The highest BCUT2D eigenvalue weighted by molar-refractivity contribution is 6.00. The van der Waals surface area contributed by atoms with E-state index in [2.05, 4.69) is 55.7 Å². The molecular weight excluding hydrogens is 440 g/mol. The third-order valence-electron chi connectivity index (χ3n) is 7.24. The molecule has 0 N–H and O–H groups in total. The molecule has 1 aliphatic heterocycles. The van der Waals surface area contributed by atoms with Gasteiger partial charge in [-0.3, -0.25) is 0 Å². The summed E-state index contributed by atoms with van der Waals surface area (Å²) in [7, 11) is 0. The number of nitrogens with zero attached hydrogens (tertiary/aromatic N) is 3. The number of hydrogen-bond donors (Lipinski definition) is 0. The number of halogens is 2. The molecule has 0 bridgehead atoms. The average Bonchev–Trinajstić information content (AvgIpc) is 3.10. The second-order valence-corrected chi connectivity index (χ2v) is 9.92. The van der Waals surface area contributed by atoms with Crippen molar-refractivity contribution in [2.75, 3.05) is 29.4 Å². The lowest BCUT2D eigenvalue weighted by Crippen LogP contribution is -2.26. The monoisotopic (exact) mass is 471 g/mol. The van der Waals surface area contributed by atoms with Crippen molar-refractivity contribution in [3.8, 4) is 11.3 Å². The molecule has 0 aliphatic carbocycles. The highest BCUT2D eigenvalue weighted by atomic mass is 19.1. The van der Waals surface area contributed by atoms with Crippen LogP contribution in [0.15, 0.2) is 60.7 Å². The van der Waals surface area contributed by atoms with Gasteiger partial charge in [0.2, 0.25) is 0 Å². The first-order valence-corrected chi connectivity index (χ1v) is 12.3. The Hall–Kier alpha value is -3.47. The number of anilines is 3. The minimum Gasteiger partial charge on any atom is -0.372 e. The van der Waals surface area contributed by atoms with Crippen molar-refractivity contribution < 1.29 is 8.78 Å². The molecule has 0 fully saturated rings. The Morgan fingerprint density at radius 2 is 1.71 bits per heavy atom. The molecule has 3 aromatic carbocycles. The van der Waals surface area contributed by atoms with Crippen LogP contribution in [0.1, 0.15) is 38.8 Å². The molecule has 0 radical (unpaired) electrons. The quantitative estimate of drug-likeness (QED) is 0.296. The van der Waals surface area contributed by atoms with Crippen LogP contribution >= 0.6 is 0 Å². The second-order valence-electron chi connectivity index (χ2n) is 9.92. The van der Waals surface area contributed by atoms with Crippen LogP contribution in [0.4, 0.5) is 25.8 Å². The van der Waals surface area contributed by atoms with Gasteiger partial charge in [-0.25, -0.2) is 13.8 Å². The van der Waals surface area contributed by atoms with E-state index in [0.717, 1.165) is 42.0 Å². The predicted molar refractivity (Wildman–Crippen MR) is 142 cm³/mol. The third kappa shape index (κ3) is 3.83. The SMILES string of the molecule is CCN(CC)c1ccc2c(c1)N(c1c(C)c(-c3ccccc3F)nc3cc(F)ccc13)CC2(C)C. The zero-order valence-electron chi connectivity index (χ0n) is 21.0. The number of aromatic nitrogens is 1. The summed E-state index contributed by atoms with van der Waals surface area (Å²) in [6, 6.07) is 18.1. The Kier molecular flexibility index (Phi) is 5.74. The van der Waals surface area contributed by atoms with Crippen molar-refractivity contribution >= 4 is 28.0 Å². The van der Waals surface area contributed by atoms with E-state index in [9.17, 15) is 8.78 Å². The molecule has 0 saturated carbocycles. The maximum atomic E-state index is 14.9. The summed E-state index contributed by atoms with van der Waals surface area (Å²) in [5.74, 6) is -0.693. The smallest absolute Gasteiger partial charge is 0.132 e. The molecule has 0 spiro atoms. The van der Waals surface area contributed by atoms with Gasteiger partial charge in [-0.15, -0.1) is 0 Å². The molecule has 35 heavy (non-hydrogen) atoms. The van der Waals surface area contributed by atoms with Gasteiger partial charge in [0.05, 0.1) is 16.9 Å². The van der Waals surface area contributed by atoms with Crippen molar-refractivity contribution in [3.05, 3.63) is 83.4 Å². The molecule has 0 saturated heterocycles. The van der Waals surface area contributed by atoms with E-state index in [-0.39, 0.29) is 17.0 Å². The summed E-state index contributed by atoms with van der Waals surface area (Å²) in [4.78, 5) is 9.41. The predicted octanol–water partition coefficient (Wildman–Crippen LogP) is 7.76. The topological polar surface area (TPSA) is 19.4 Å². The van der Waals surface area contributed by atoms with E-state index in [1.54, 1.807) is 24.3 Å². The van der Waals surface area contributed by atoms with Gasteiger partial charge in [-0.1, -0.05) is 32.0 Å². The lowest BCUT2D eigenvalue weighted by Gasteiger charge is -2.28. The Morgan fingerprint density at radius 1 is 0.971 bits per heavy atom. The molecule has 180 valence electrons. The van der Waals surface area contributed by atoms with Gasteiger partial charge in [0.15, 0.2) is 0 Å². The number of fused-ring (bicyclic) bond motifs is 2. The first-order valence-electron chi connectivity index (χ1n) is 12.3. The van der Waals surface area contributed by atoms with Crippen LogP contribution in [-0.2, 0) is 5.41 Å². The minimum atomic E-state index is -0.356. The summed E-state index contributed by atoms with van der Waals surface area (Å²) in [6.45, 7) is 13.4. The number of rotatable bonds is 5. The zero-order valence-corrected chi connectivity index (χ0v) is 21.0. The van der Waals surface area contributed by atoms with Crippen molar-refractivity contribution in [1.82, 2.24) is 4.98 Å². The fraction of sp³-hybridized carbons (Fsp3) is 0.300. The molecule has 1 aromatic heterocycles. The average molecular weight is 472 g/mol. The Morgan fingerprint density at radius 3 is 2.43 bits per heavy atom. The summed E-state index contributed by atoms with van der Waals surface area (Å²) in [5, 5.41) is 0.862. The van der Waals surface area contributed by atoms with Gasteiger partial charge < -0.3 is 9.80 Å². The van der Waals surface area contributed by atoms with E-state index >= 15 is 0 Å². The van der Waals surface area contributed by atoms with E-state index in [1.165, 1.54) is 29.4 Å². The molecule has 5 rings (SSSR count). The zero-order chi connectivity index (χ0) is 24.9. The van der Waals surface area contributed by atoms with Crippen LogP contribution in [0, 0.1) is 18.6 Å². The van der Waals surface area contributed by atoms with Crippen molar-refractivity contribution in [2.24, 2.45) is 0 Å². The molecule has 3 nitrogen and oxygen atoms in total. The number of pyridine rings is 1. The first-order chi connectivity index (χ1) is 16.7. The third-order valence-corrected chi connectivity index (χ3v) is 7.24. The van der Waals surface area contributed by atoms with E-state index in [4.69, 9.17) is 4.98 Å². The summed E-state index contributed by atoms with van der Waals surface area (Å²) in [5.41, 5.74) is 6.82. The normalized spacial score (nSPS) is 14.4. The lowest BCUT2D eigenvalue weighted by atomic mass is 9.87. The van der Waals surface area contributed by atoms with Crippen molar-refractivity contribution in [3.63, 3.8) is 0 Å². The Labute approximate surface area is 206 Å². The largest absolute Gasteiger partial charge is 0.372 e. The van der Waals surface area contributed by atoms with Crippen LogP contribution in [0.25, 0.3) is 22.2 Å². The van der Waals surface area contributed by atoms with Gasteiger partial charge in [0, 0.05) is 53.4 Å². The maximum Gasteiger partial charge on any atom is 0.132 e. The fourth-order valence-corrected chi connectivity index (χ4v) is 5.45. The van der Waals surface area contributed by atoms with Gasteiger partial charge in [0.1, 0.15) is 11.6 Å². The standard InChI is InChI=1S/C30H31F2N3/c1-6-34(7-2)21-13-15-24-27(17-21)35(18-30(24,4)5)29-19(3)28(22-10-8-9-11-25(22)32)33-26-16-20(31)12-14-23(26)29/h8-17H,6-7,18H2,1-5H3. The number of hydrogen-bond acceptors (Lipinski definition) is 3. The molecule has 0 unspecified atom stereocenters. The maximum absolute atomic E-state index is 14.9. The lowest BCUT2D eigenvalue weighted by molar-refractivity contribution is 0.569. The molecular formula is C30H31F2N3. The first kappa shape index (κ1) is 23.3. The van der Waals surface area contributed by atoms with Gasteiger partial charge in [-0.2, -0.15) is 0 Å². The van der Waals surface area contributed by atoms with Gasteiger partial charge >= 0.3 is 0 Å². The molecule has 0 amide bonds. The molecule has 4 aromatic rings. The van der Waals surface area contributed by atoms with Crippen LogP contribution in [0.3, 0.4) is 0 Å². The van der Waals surface area contributed by atoms with E-state index in [1.807, 2.05) is 6.92 Å². The van der Waals surface area contributed by atoms with E-state index < -0.39 is 0 Å². The van der Waals surface area contributed by atoms with Gasteiger partial charge in [0.25, 0.3) is 0 Å². The molecule has 0 atom stereocenters. The summed E-state index contributed by atoms with van der Waals surface area (Å²) in [6.07, 6.45) is 0. The van der Waals surface area contributed by atoms with Crippen LogP contribution in [0.2, 0.25) is 0 Å². The highest BCUT2D eigenvalue weighted by Crippen LogP contribution is 2.49. The van der Waals surface area contributed by atoms with Crippen LogP contribution in [-0.4, -0.2) is 24.6 Å². The Balaban J connectivity index is 1.80. The summed E-state index contributed by atoms with van der Waals surface area (Å²) >= 11 is 0. The Bertz CT molecular complexity index is 1420. The fourth-order valence-electron chi connectivity index (χ4n) is 5.45. The molecule has 2 heterocycles. The van der Waals surface area contributed by atoms with Crippen LogP contribution < -0.4 is 9.80 Å². The van der Waals surface area contributed by atoms with Gasteiger partial charge in [-0.05, 0) is 68.3 Å².